The minimum Gasteiger partial charge on any atom is -0.481 e. The van der Waals surface area contributed by atoms with E-state index in [1.165, 1.54) is 6.20 Å². The van der Waals surface area contributed by atoms with Gasteiger partial charge in [0.05, 0.1) is 11.3 Å². The van der Waals surface area contributed by atoms with Crippen molar-refractivity contribution < 1.29 is 19.4 Å². The number of nitrogens with zero attached hydrogens (tertiary/aromatic N) is 1. The van der Waals surface area contributed by atoms with Crippen LogP contribution in [0.2, 0.25) is 0 Å². The molecule has 0 fully saturated rings. The van der Waals surface area contributed by atoms with Gasteiger partial charge >= 0.3 is 5.97 Å². The number of hydrogen-bond acceptors (Lipinski definition) is 4. The first-order valence-electron chi connectivity index (χ1n) is 6.32. The maximum Gasteiger partial charge on any atom is 0.337 e. The molecule has 3 rings (SSSR count). The topological polar surface area (TPSA) is 88.5 Å². The number of para-hydroxylation sites is 1. The monoisotopic (exact) mass is 284 g/mol. The molecule has 0 spiro atoms. The van der Waals surface area contributed by atoms with Crippen LogP contribution in [0.15, 0.2) is 30.5 Å². The summed E-state index contributed by atoms with van der Waals surface area (Å²) >= 11 is 0. The lowest BCUT2D eigenvalue weighted by atomic mass is 9.98. The number of aromatic nitrogens is 1. The molecule has 1 aromatic heterocycles. The number of nitrogens with one attached hydrogen (secondary N) is 1. The standard InChI is InChI=1S/C15H12N2O4/c1-8-5-10(11(6-16-8)15(19)20)9-3-2-4-12-14(9)21-7-13(18)17-12/h2-6H,7H2,1H3,(H,17,18)(H,19,20). The first kappa shape index (κ1) is 13.1. The SMILES string of the molecule is Cc1cc(-c2cccc3c2OCC(=O)N3)c(C(=O)O)cn1. The van der Waals surface area contributed by atoms with E-state index in [0.29, 0.717) is 28.3 Å². The lowest BCUT2D eigenvalue weighted by Crippen LogP contribution is -2.25. The summed E-state index contributed by atoms with van der Waals surface area (Å²) in [6, 6.07) is 6.91. The lowest BCUT2D eigenvalue weighted by molar-refractivity contribution is -0.118. The Labute approximate surface area is 120 Å². The smallest absolute Gasteiger partial charge is 0.337 e. The number of rotatable bonds is 2. The highest BCUT2D eigenvalue weighted by atomic mass is 16.5. The van der Waals surface area contributed by atoms with Gasteiger partial charge in [0.25, 0.3) is 5.91 Å². The normalized spacial score (nSPS) is 13.1. The maximum atomic E-state index is 11.4. The van der Waals surface area contributed by atoms with Gasteiger partial charge in [0.15, 0.2) is 12.4 Å². The summed E-state index contributed by atoms with van der Waals surface area (Å²) in [7, 11) is 0. The lowest BCUT2D eigenvalue weighted by Gasteiger charge is -2.21. The second-order valence-electron chi connectivity index (χ2n) is 4.70. The first-order valence-corrected chi connectivity index (χ1v) is 6.32. The third kappa shape index (κ3) is 2.31. The maximum absolute atomic E-state index is 11.4. The molecule has 0 saturated carbocycles. The van der Waals surface area contributed by atoms with Gasteiger partial charge in [0.1, 0.15) is 0 Å². The van der Waals surface area contributed by atoms with Crippen molar-refractivity contribution in [1.29, 1.82) is 0 Å². The highest BCUT2D eigenvalue weighted by Gasteiger charge is 2.22. The minimum absolute atomic E-state index is 0.0868. The molecule has 1 aromatic carbocycles. The minimum atomic E-state index is -1.06. The molecule has 6 nitrogen and oxygen atoms in total. The molecule has 1 aliphatic rings. The van der Waals surface area contributed by atoms with Gasteiger partial charge in [-0.15, -0.1) is 0 Å². The van der Waals surface area contributed by atoms with Crippen LogP contribution in [0.5, 0.6) is 5.75 Å². The molecule has 6 heteroatoms. The molecule has 0 aliphatic carbocycles. The second kappa shape index (κ2) is 4.90. The van der Waals surface area contributed by atoms with Crippen molar-refractivity contribution in [3.05, 3.63) is 41.7 Å². The molecular formula is C15H12N2O4. The summed E-state index contributed by atoms with van der Waals surface area (Å²) in [5.41, 5.74) is 2.47. The number of carbonyl (C=O) groups is 2. The van der Waals surface area contributed by atoms with Gasteiger partial charge in [-0.1, -0.05) is 12.1 Å². The van der Waals surface area contributed by atoms with Gasteiger partial charge in [-0.05, 0) is 19.1 Å². The summed E-state index contributed by atoms with van der Waals surface area (Å²) in [6.07, 6.45) is 1.33. The Morgan fingerprint density at radius 3 is 2.95 bits per heavy atom. The number of aryl methyl sites for hydroxylation is 1. The Morgan fingerprint density at radius 2 is 2.19 bits per heavy atom. The molecule has 0 saturated heterocycles. The number of fused-ring (bicyclic) bond motifs is 1. The largest absolute Gasteiger partial charge is 0.481 e. The summed E-state index contributed by atoms with van der Waals surface area (Å²) in [5.74, 6) is -0.816. The molecule has 21 heavy (non-hydrogen) atoms. The zero-order valence-electron chi connectivity index (χ0n) is 11.2. The van der Waals surface area contributed by atoms with Crippen molar-refractivity contribution in [3.63, 3.8) is 0 Å². The molecule has 0 atom stereocenters. The van der Waals surface area contributed by atoms with E-state index in [2.05, 4.69) is 10.3 Å². The quantitative estimate of drug-likeness (QED) is 0.881. The van der Waals surface area contributed by atoms with Crippen LogP contribution in [-0.4, -0.2) is 28.6 Å². The Hall–Kier alpha value is -2.89. The van der Waals surface area contributed by atoms with E-state index in [9.17, 15) is 14.7 Å². The zero-order valence-corrected chi connectivity index (χ0v) is 11.2. The van der Waals surface area contributed by atoms with Crippen LogP contribution in [0.25, 0.3) is 11.1 Å². The summed E-state index contributed by atoms with van der Waals surface area (Å²) in [5, 5.41) is 12.0. The zero-order chi connectivity index (χ0) is 15.0. The third-order valence-corrected chi connectivity index (χ3v) is 3.20. The number of pyridine rings is 1. The van der Waals surface area contributed by atoms with Crippen LogP contribution in [0.1, 0.15) is 16.1 Å². The molecule has 2 heterocycles. The Kier molecular flexibility index (Phi) is 3.06. The van der Waals surface area contributed by atoms with E-state index in [1.807, 2.05) is 0 Å². The summed E-state index contributed by atoms with van der Waals surface area (Å²) in [4.78, 5) is 26.8. The van der Waals surface area contributed by atoms with E-state index < -0.39 is 5.97 Å². The van der Waals surface area contributed by atoms with E-state index in [0.717, 1.165) is 0 Å². The van der Waals surface area contributed by atoms with Gasteiger partial charge < -0.3 is 15.2 Å². The van der Waals surface area contributed by atoms with Crippen molar-refractivity contribution in [2.75, 3.05) is 11.9 Å². The number of ether oxygens (including phenoxy) is 1. The number of aromatic carboxylic acids is 1. The fraction of sp³-hybridized carbons (Fsp3) is 0.133. The predicted molar refractivity (Wildman–Crippen MR) is 75.5 cm³/mol. The van der Waals surface area contributed by atoms with Gasteiger partial charge in [-0.2, -0.15) is 0 Å². The summed E-state index contributed by atoms with van der Waals surface area (Å²) in [6.45, 7) is 1.70. The van der Waals surface area contributed by atoms with E-state index in [4.69, 9.17) is 4.74 Å². The average molecular weight is 284 g/mol. The van der Waals surface area contributed by atoms with Crippen LogP contribution in [0.4, 0.5) is 5.69 Å². The van der Waals surface area contributed by atoms with Crippen molar-refractivity contribution in [1.82, 2.24) is 4.98 Å². The highest BCUT2D eigenvalue weighted by Crippen LogP contribution is 2.39. The second-order valence-corrected chi connectivity index (χ2v) is 4.70. The number of hydrogen-bond donors (Lipinski definition) is 2. The Balaban J connectivity index is 2.22. The van der Waals surface area contributed by atoms with Crippen LogP contribution in [0.3, 0.4) is 0 Å². The molecule has 1 aliphatic heterocycles. The van der Waals surface area contributed by atoms with E-state index in [-0.39, 0.29) is 18.1 Å². The predicted octanol–water partition coefficient (Wildman–Crippen LogP) is 2.09. The number of benzene rings is 1. The average Bonchev–Trinajstić information content (AvgIpc) is 2.45. The van der Waals surface area contributed by atoms with Gasteiger partial charge in [0, 0.05) is 23.0 Å². The van der Waals surface area contributed by atoms with Crippen LogP contribution in [-0.2, 0) is 4.79 Å². The fourth-order valence-electron chi connectivity index (χ4n) is 2.28. The van der Waals surface area contributed by atoms with Crippen molar-refractivity contribution in [2.45, 2.75) is 6.92 Å². The highest BCUT2D eigenvalue weighted by molar-refractivity contribution is 6.01. The number of anilines is 1. The van der Waals surface area contributed by atoms with E-state index in [1.54, 1.807) is 31.2 Å². The number of carboxylic acid groups (broad SMARTS) is 1. The fourth-order valence-corrected chi connectivity index (χ4v) is 2.28. The summed E-state index contributed by atoms with van der Waals surface area (Å²) < 4.78 is 5.47. The Morgan fingerprint density at radius 1 is 1.38 bits per heavy atom. The molecule has 0 bridgehead atoms. The molecule has 1 amide bonds. The van der Waals surface area contributed by atoms with Gasteiger partial charge in [-0.3, -0.25) is 9.78 Å². The number of amides is 1. The molecule has 0 radical (unpaired) electrons. The van der Waals surface area contributed by atoms with Crippen molar-refractivity contribution >= 4 is 17.6 Å². The number of carboxylic acids is 1. The third-order valence-electron chi connectivity index (χ3n) is 3.20. The van der Waals surface area contributed by atoms with Gasteiger partial charge in [-0.25, -0.2) is 4.79 Å². The van der Waals surface area contributed by atoms with Crippen LogP contribution >= 0.6 is 0 Å². The van der Waals surface area contributed by atoms with E-state index >= 15 is 0 Å². The molecule has 0 unspecified atom stereocenters. The Bertz CT molecular complexity index is 755. The van der Waals surface area contributed by atoms with Crippen LogP contribution < -0.4 is 10.1 Å². The van der Waals surface area contributed by atoms with Crippen LogP contribution in [0, 0.1) is 6.92 Å². The number of carbonyl (C=O) groups excluding carboxylic acids is 1. The van der Waals surface area contributed by atoms with Crippen molar-refractivity contribution in [2.24, 2.45) is 0 Å². The molecule has 2 N–H and O–H groups in total. The molecular weight excluding hydrogens is 272 g/mol. The van der Waals surface area contributed by atoms with Crippen molar-refractivity contribution in [3.8, 4) is 16.9 Å². The molecule has 106 valence electrons. The first-order chi connectivity index (χ1) is 10.1. The molecule has 2 aromatic rings. The van der Waals surface area contributed by atoms with Gasteiger partial charge in [0.2, 0.25) is 0 Å².